The Morgan fingerprint density at radius 3 is 2.96 bits per heavy atom. The Morgan fingerprint density at radius 2 is 2.22 bits per heavy atom. The number of carbonyl (C=O) groups is 1. The molecule has 1 aliphatic rings. The maximum atomic E-state index is 12.8. The van der Waals surface area contributed by atoms with Gasteiger partial charge in [-0.2, -0.15) is 0 Å². The zero-order valence-electron chi connectivity index (χ0n) is 13.0. The van der Waals surface area contributed by atoms with Crippen molar-refractivity contribution in [2.45, 2.75) is 26.4 Å². The quantitative estimate of drug-likeness (QED) is 0.868. The average molecular weight is 318 g/mol. The number of benzene rings is 1. The van der Waals surface area contributed by atoms with Gasteiger partial charge >= 0.3 is 0 Å². The molecule has 1 atom stereocenters. The van der Waals surface area contributed by atoms with Crippen molar-refractivity contribution in [1.82, 2.24) is 9.88 Å². The van der Waals surface area contributed by atoms with Crippen LogP contribution in [-0.4, -0.2) is 28.9 Å². The second-order valence-corrected chi connectivity index (χ2v) is 5.87. The van der Waals surface area contributed by atoms with Gasteiger partial charge in [-0.1, -0.05) is 6.92 Å². The molecule has 1 amide bonds. The summed E-state index contributed by atoms with van der Waals surface area (Å²) in [6.07, 6.45) is 3.54. The molecule has 0 unspecified atom stereocenters. The van der Waals surface area contributed by atoms with Gasteiger partial charge in [-0.3, -0.25) is 4.79 Å². The third-order valence-electron chi connectivity index (χ3n) is 3.89. The van der Waals surface area contributed by atoms with E-state index in [1.807, 2.05) is 4.90 Å². The molecular formula is C17H19FN2O3. The van der Waals surface area contributed by atoms with E-state index in [1.165, 1.54) is 30.5 Å². The van der Waals surface area contributed by atoms with Crippen molar-refractivity contribution in [1.29, 1.82) is 0 Å². The molecule has 6 heteroatoms. The van der Waals surface area contributed by atoms with Crippen molar-refractivity contribution in [3.05, 3.63) is 47.9 Å². The summed E-state index contributed by atoms with van der Waals surface area (Å²) in [7, 11) is 0. The predicted octanol–water partition coefficient (Wildman–Crippen LogP) is 3.26. The zero-order valence-corrected chi connectivity index (χ0v) is 13.0. The number of carbonyl (C=O) groups excluding carboxylic acids is 1. The van der Waals surface area contributed by atoms with Gasteiger partial charge in [0.25, 0.3) is 5.91 Å². The van der Waals surface area contributed by atoms with Crippen LogP contribution in [-0.2, 0) is 6.61 Å². The van der Waals surface area contributed by atoms with Crippen LogP contribution < -0.4 is 4.74 Å². The lowest BCUT2D eigenvalue weighted by atomic mass is 10.0. The van der Waals surface area contributed by atoms with Crippen LogP contribution in [0.25, 0.3) is 0 Å². The lowest BCUT2D eigenvalue weighted by Crippen LogP contribution is -2.39. The van der Waals surface area contributed by atoms with E-state index in [0.29, 0.717) is 23.3 Å². The molecular weight excluding hydrogens is 299 g/mol. The van der Waals surface area contributed by atoms with Gasteiger partial charge in [0.1, 0.15) is 17.8 Å². The summed E-state index contributed by atoms with van der Waals surface area (Å²) in [6, 6.07) is 5.69. The maximum Gasteiger partial charge on any atom is 0.275 e. The van der Waals surface area contributed by atoms with Gasteiger partial charge in [0.05, 0.1) is 0 Å². The molecule has 0 bridgehead atoms. The van der Waals surface area contributed by atoms with Crippen LogP contribution in [0.4, 0.5) is 4.39 Å². The van der Waals surface area contributed by atoms with E-state index in [4.69, 9.17) is 9.15 Å². The molecule has 0 saturated carbocycles. The summed E-state index contributed by atoms with van der Waals surface area (Å²) in [5.41, 5.74) is 0.303. The Balaban J connectivity index is 1.59. The number of aromatic nitrogens is 1. The average Bonchev–Trinajstić information content (AvgIpc) is 3.02. The topological polar surface area (TPSA) is 55.6 Å². The van der Waals surface area contributed by atoms with Crippen LogP contribution in [0.5, 0.6) is 5.75 Å². The third-order valence-corrected chi connectivity index (χ3v) is 3.89. The van der Waals surface area contributed by atoms with Gasteiger partial charge in [-0.15, -0.1) is 0 Å². The zero-order chi connectivity index (χ0) is 16.2. The van der Waals surface area contributed by atoms with Crippen LogP contribution in [0.3, 0.4) is 0 Å². The molecule has 0 N–H and O–H groups in total. The van der Waals surface area contributed by atoms with Crippen LogP contribution in [0, 0.1) is 11.7 Å². The molecule has 1 aromatic heterocycles. The molecule has 1 fully saturated rings. The molecule has 1 saturated heterocycles. The van der Waals surface area contributed by atoms with Crippen molar-refractivity contribution < 1.29 is 18.3 Å². The van der Waals surface area contributed by atoms with Gasteiger partial charge < -0.3 is 14.1 Å². The number of nitrogens with zero attached hydrogens (tertiary/aromatic N) is 2. The second kappa shape index (κ2) is 6.81. The third kappa shape index (κ3) is 3.88. The molecule has 2 heterocycles. The summed E-state index contributed by atoms with van der Waals surface area (Å²) in [6.45, 7) is 3.75. The van der Waals surface area contributed by atoms with E-state index < -0.39 is 0 Å². The minimum absolute atomic E-state index is 0.0926. The fourth-order valence-electron chi connectivity index (χ4n) is 2.69. The van der Waals surface area contributed by atoms with Gasteiger partial charge in [-0.25, -0.2) is 9.37 Å². The monoisotopic (exact) mass is 318 g/mol. The van der Waals surface area contributed by atoms with Crippen molar-refractivity contribution in [2.75, 3.05) is 13.1 Å². The number of halogens is 1. The van der Waals surface area contributed by atoms with E-state index >= 15 is 0 Å². The van der Waals surface area contributed by atoms with Gasteiger partial charge in [-0.05, 0) is 43.0 Å². The molecule has 2 aromatic rings. The summed E-state index contributed by atoms with van der Waals surface area (Å²) in [4.78, 5) is 18.4. The van der Waals surface area contributed by atoms with Crippen molar-refractivity contribution >= 4 is 5.91 Å². The first-order valence-corrected chi connectivity index (χ1v) is 7.74. The predicted molar refractivity (Wildman–Crippen MR) is 81.5 cm³/mol. The molecule has 0 spiro atoms. The summed E-state index contributed by atoms with van der Waals surface area (Å²) >= 11 is 0. The first-order chi connectivity index (χ1) is 11.1. The molecule has 5 nitrogen and oxygen atoms in total. The maximum absolute atomic E-state index is 12.8. The Kier molecular flexibility index (Phi) is 4.60. The molecule has 23 heavy (non-hydrogen) atoms. The minimum atomic E-state index is -0.322. The normalized spacial score (nSPS) is 18.0. The standard InChI is InChI=1S/C17H19FN2O3/c1-12-3-2-8-20(9-12)17(21)15-10-23-16(19-15)11-22-14-6-4-13(18)5-7-14/h4-7,10,12H,2-3,8-9,11H2,1H3/t12-/m1/s1. The van der Waals surface area contributed by atoms with Crippen LogP contribution >= 0.6 is 0 Å². The Morgan fingerprint density at radius 1 is 1.43 bits per heavy atom. The smallest absolute Gasteiger partial charge is 0.275 e. The number of ether oxygens (including phenoxy) is 1. The summed E-state index contributed by atoms with van der Waals surface area (Å²) < 4.78 is 23.6. The van der Waals surface area contributed by atoms with Crippen LogP contribution in [0.1, 0.15) is 36.1 Å². The number of likely N-dealkylation sites (tertiary alicyclic amines) is 1. The van der Waals surface area contributed by atoms with E-state index in [1.54, 1.807) is 0 Å². The Bertz CT molecular complexity index is 669. The number of oxazole rings is 1. The fraction of sp³-hybridized carbons (Fsp3) is 0.412. The van der Waals surface area contributed by atoms with E-state index in [-0.39, 0.29) is 18.3 Å². The molecule has 0 aliphatic carbocycles. The van der Waals surface area contributed by atoms with Crippen LogP contribution in [0.2, 0.25) is 0 Å². The molecule has 1 aromatic carbocycles. The molecule has 1 aliphatic heterocycles. The second-order valence-electron chi connectivity index (χ2n) is 5.87. The molecule has 122 valence electrons. The number of hydrogen-bond donors (Lipinski definition) is 0. The van der Waals surface area contributed by atoms with Gasteiger partial charge in [0.2, 0.25) is 5.89 Å². The summed E-state index contributed by atoms with van der Waals surface area (Å²) in [5, 5.41) is 0. The SMILES string of the molecule is C[C@@H]1CCCN(C(=O)c2coc(COc3ccc(F)cc3)n2)C1. The summed E-state index contributed by atoms with van der Waals surface area (Å²) in [5.74, 6) is 0.927. The van der Waals surface area contributed by atoms with E-state index in [2.05, 4.69) is 11.9 Å². The van der Waals surface area contributed by atoms with Gasteiger partial charge in [0.15, 0.2) is 12.3 Å². The number of piperidine rings is 1. The van der Waals surface area contributed by atoms with Crippen molar-refractivity contribution in [3.63, 3.8) is 0 Å². The van der Waals surface area contributed by atoms with Crippen molar-refractivity contribution in [2.24, 2.45) is 5.92 Å². The molecule has 0 radical (unpaired) electrons. The highest BCUT2D eigenvalue weighted by atomic mass is 19.1. The first kappa shape index (κ1) is 15.5. The highest BCUT2D eigenvalue weighted by Gasteiger charge is 2.24. The number of rotatable bonds is 4. The highest BCUT2D eigenvalue weighted by molar-refractivity contribution is 5.92. The first-order valence-electron chi connectivity index (χ1n) is 7.74. The Labute approximate surface area is 134 Å². The highest BCUT2D eigenvalue weighted by Crippen LogP contribution is 2.18. The largest absolute Gasteiger partial charge is 0.484 e. The van der Waals surface area contributed by atoms with Gasteiger partial charge in [0, 0.05) is 13.1 Å². The lowest BCUT2D eigenvalue weighted by molar-refractivity contribution is 0.0677. The number of hydrogen-bond acceptors (Lipinski definition) is 4. The lowest BCUT2D eigenvalue weighted by Gasteiger charge is -2.30. The Hall–Kier alpha value is -2.37. The minimum Gasteiger partial charge on any atom is -0.484 e. The van der Waals surface area contributed by atoms with Crippen LogP contribution in [0.15, 0.2) is 34.9 Å². The molecule has 3 rings (SSSR count). The van der Waals surface area contributed by atoms with E-state index in [9.17, 15) is 9.18 Å². The van der Waals surface area contributed by atoms with Crippen molar-refractivity contribution in [3.8, 4) is 5.75 Å². The van der Waals surface area contributed by atoms with E-state index in [0.717, 1.165) is 25.9 Å². The fourth-order valence-corrected chi connectivity index (χ4v) is 2.69. The number of amides is 1.